The van der Waals surface area contributed by atoms with Crippen LogP contribution in [0.1, 0.15) is 54.4 Å². The van der Waals surface area contributed by atoms with Gasteiger partial charge in [-0.3, -0.25) is 4.79 Å². The first-order chi connectivity index (χ1) is 9.29. The Balaban J connectivity index is 1.68. The molecule has 0 aromatic heterocycles. The molecule has 0 radical (unpaired) electrons. The van der Waals surface area contributed by atoms with Gasteiger partial charge in [-0.1, -0.05) is 37.8 Å². The summed E-state index contributed by atoms with van der Waals surface area (Å²) in [6.07, 6.45) is 7.90. The third-order valence-corrected chi connectivity index (χ3v) is 4.23. The lowest BCUT2D eigenvalue weighted by Gasteiger charge is -2.09. The van der Waals surface area contributed by atoms with Crippen LogP contribution < -0.4 is 5.32 Å². The number of halogens is 1. The first-order valence-corrected chi connectivity index (χ1v) is 7.76. The van der Waals surface area contributed by atoms with Crippen molar-refractivity contribution in [2.24, 2.45) is 5.92 Å². The SMILES string of the molecule is O=C(NCCCC1CCCC1)c1ccc(CCl)cc1. The van der Waals surface area contributed by atoms with Gasteiger partial charge in [0.05, 0.1) is 0 Å². The van der Waals surface area contributed by atoms with Crippen LogP contribution in [0.4, 0.5) is 0 Å². The van der Waals surface area contributed by atoms with E-state index in [0.29, 0.717) is 5.88 Å². The Labute approximate surface area is 120 Å². The highest BCUT2D eigenvalue weighted by molar-refractivity contribution is 6.17. The molecule has 0 aliphatic heterocycles. The summed E-state index contributed by atoms with van der Waals surface area (Å²) < 4.78 is 0. The monoisotopic (exact) mass is 279 g/mol. The summed E-state index contributed by atoms with van der Waals surface area (Å²) in [5, 5.41) is 2.99. The van der Waals surface area contributed by atoms with Crippen LogP contribution in [-0.2, 0) is 5.88 Å². The molecule has 0 atom stereocenters. The van der Waals surface area contributed by atoms with Gasteiger partial charge >= 0.3 is 0 Å². The van der Waals surface area contributed by atoms with Crippen molar-refractivity contribution in [2.45, 2.75) is 44.4 Å². The Hall–Kier alpha value is -1.02. The van der Waals surface area contributed by atoms with Gasteiger partial charge in [0, 0.05) is 18.0 Å². The number of benzene rings is 1. The predicted octanol–water partition coefficient (Wildman–Crippen LogP) is 4.13. The average molecular weight is 280 g/mol. The molecule has 1 aliphatic rings. The summed E-state index contributed by atoms with van der Waals surface area (Å²) in [6, 6.07) is 7.48. The van der Waals surface area contributed by atoms with Crippen molar-refractivity contribution < 1.29 is 4.79 Å². The van der Waals surface area contributed by atoms with E-state index in [0.717, 1.165) is 30.0 Å². The second-order valence-electron chi connectivity index (χ2n) is 5.38. The maximum Gasteiger partial charge on any atom is 0.251 e. The van der Waals surface area contributed by atoms with Crippen LogP contribution in [-0.4, -0.2) is 12.5 Å². The number of rotatable bonds is 6. The third kappa shape index (κ3) is 4.54. The molecule has 1 N–H and O–H groups in total. The fourth-order valence-corrected chi connectivity index (χ4v) is 2.92. The number of nitrogens with one attached hydrogen (secondary N) is 1. The van der Waals surface area contributed by atoms with Crippen LogP contribution >= 0.6 is 11.6 Å². The lowest BCUT2D eigenvalue weighted by Crippen LogP contribution is -2.24. The van der Waals surface area contributed by atoms with Gasteiger partial charge in [0.15, 0.2) is 0 Å². The van der Waals surface area contributed by atoms with E-state index in [9.17, 15) is 4.79 Å². The molecular weight excluding hydrogens is 258 g/mol. The summed E-state index contributed by atoms with van der Waals surface area (Å²) in [7, 11) is 0. The highest BCUT2D eigenvalue weighted by Crippen LogP contribution is 2.28. The zero-order valence-corrected chi connectivity index (χ0v) is 12.1. The van der Waals surface area contributed by atoms with Crippen LogP contribution in [0.3, 0.4) is 0 Å². The smallest absolute Gasteiger partial charge is 0.251 e. The molecule has 0 unspecified atom stereocenters. The van der Waals surface area contributed by atoms with Crippen molar-refractivity contribution in [1.82, 2.24) is 5.32 Å². The Morgan fingerprint density at radius 2 is 1.89 bits per heavy atom. The van der Waals surface area contributed by atoms with Crippen molar-refractivity contribution >= 4 is 17.5 Å². The molecular formula is C16H22ClNO. The predicted molar refractivity (Wildman–Crippen MR) is 79.5 cm³/mol. The summed E-state index contributed by atoms with van der Waals surface area (Å²) in [5.74, 6) is 1.41. The lowest BCUT2D eigenvalue weighted by atomic mass is 10.0. The van der Waals surface area contributed by atoms with Gasteiger partial charge in [-0.05, 0) is 36.5 Å². The van der Waals surface area contributed by atoms with E-state index in [4.69, 9.17) is 11.6 Å². The van der Waals surface area contributed by atoms with Crippen molar-refractivity contribution in [2.75, 3.05) is 6.54 Å². The van der Waals surface area contributed by atoms with Crippen molar-refractivity contribution in [3.63, 3.8) is 0 Å². The zero-order chi connectivity index (χ0) is 13.5. The minimum absolute atomic E-state index is 0.0209. The van der Waals surface area contributed by atoms with Crippen molar-refractivity contribution in [1.29, 1.82) is 0 Å². The molecule has 3 heteroatoms. The van der Waals surface area contributed by atoms with E-state index in [-0.39, 0.29) is 5.91 Å². The standard InChI is InChI=1S/C16H22ClNO/c17-12-14-7-9-15(10-8-14)16(19)18-11-3-6-13-4-1-2-5-13/h7-10,13H,1-6,11-12H2,(H,18,19). The van der Waals surface area contributed by atoms with E-state index in [1.165, 1.54) is 32.1 Å². The third-order valence-electron chi connectivity index (χ3n) is 3.92. The van der Waals surface area contributed by atoms with Crippen LogP contribution in [0.25, 0.3) is 0 Å². The Morgan fingerprint density at radius 1 is 1.21 bits per heavy atom. The first-order valence-electron chi connectivity index (χ1n) is 7.22. The van der Waals surface area contributed by atoms with E-state index in [1.807, 2.05) is 24.3 Å². The Bertz CT molecular complexity index is 396. The molecule has 19 heavy (non-hydrogen) atoms. The molecule has 1 aromatic rings. The molecule has 1 amide bonds. The molecule has 0 saturated heterocycles. The van der Waals surface area contributed by atoms with Gasteiger partial charge in [-0.15, -0.1) is 11.6 Å². The molecule has 0 heterocycles. The number of hydrogen-bond donors (Lipinski definition) is 1. The first kappa shape index (κ1) is 14.4. The molecule has 104 valence electrons. The van der Waals surface area contributed by atoms with Crippen LogP contribution in [0.2, 0.25) is 0 Å². The van der Waals surface area contributed by atoms with Crippen LogP contribution in [0.5, 0.6) is 0 Å². The average Bonchev–Trinajstić information content (AvgIpc) is 2.96. The van der Waals surface area contributed by atoms with Crippen LogP contribution in [0, 0.1) is 5.92 Å². The molecule has 1 fully saturated rings. The topological polar surface area (TPSA) is 29.1 Å². The maximum atomic E-state index is 11.9. The fourth-order valence-electron chi connectivity index (χ4n) is 2.74. The quantitative estimate of drug-likeness (QED) is 0.616. The fraction of sp³-hybridized carbons (Fsp3) is 0.562. The van der Waals surface area contributed by atoms with Crippen LogP contribution in [0.15, 0.2) is 24.3 Å². The summed E-state index contributed by atoms with van der Waals surface area (Å²) >= 11 is 5.72. The highest BCUT2D eigenvalue weighted by atomic mass is 35.5. The molecule has 0 spiro atoms. The van der Waals surface area contributed by atoms with Crippen molar-refractivity contribution in [3.8, 4) is 0 Å². The molecule has 2 nitrogen and oxygen atoms in total. The molecule has 2 rings (SSSR count). The summed E-state index contributed by atoms with van der Waals surface area (Å²) in [5.41, 5.74) is 1.76. The minimum atomic E-state index is 0.0209. The maximum absolute atomic E-state index is 11.9. The number of amides is 1. The normalized spacial score (nSPS) is 15.6. The molecule has 1 aliphatic carbocycles. The summed E-state index contributed by atoms with van der Waals surface area (Å²) in [6.45, 7) is 0.784. The highest BCUT2D eigenvalue weighted by Gasteiger charge is 2.14. The van der Waals surface area contributed by atoms with E-state index in [2.05, 4.69) is 5.32 Å². The van der Waals surface area contributed by atoms with Gasteiger partial charge in [-0.2, -0.15) is 0 Å². The van der Waals surface area contributed by atoms with Gasteiger partial charge in [0.1, 0.15) is 0 Å². The number of carbonyl (C=O) groups excluding carboxylic acids is 1. The Kier molecular flexibility index (Phi) is 5.71. The largest absolute Gasteiger partial charge is 0.352 e. The van der Waals surface area contributed by atoms with Gasteiger partial charge in [-0.25, -0.2) is 0 Å². The van der Waals surface area contributed by atoms with E-state index >= 15 is 0 Å². The lowest BCUT2D eigenvalue weighted by molar-refractivity contribution is 0.0952. The molecule has 1 aromatic carbocycles. The second kappa shape index (κ2) is 7.54. The molecule has 1 saturated carbocycles. The van der Waals surface area contributed by atoms with Gasteiger partial charge in [0.25, 0.3) is 5.91 Å². The van der Waals surface area contributed by atoms with Crippen molar-refractivity contribution in [3.05, 3.63) is 35.4 Å². The number of carbonyl (C=O) groups is 1. The van der Waals surface area contributed by atoms with Gasteiger partial charge < -0.3 is 5.32 Å². The van der Waals surface area contributed by atoms with E-state index < -0.39 is 0 Å². The summed E-state index contributed by atoms with van der Waals surface area (Å²) in [4.78, 5) is 11.9. The number of hydrogen-bond acceptors (Lipinski definition) is 1. The van der Waals surface area contributed by atoms with E-state index in [1.54, 1.807) is 0 Å². The minimum Gasteiger partial charge on any atom is -0.352 e. The zero-order valence-electron chi connectivity index (χ0n) is 11.3. The Morgan fingerprint density at radius 3 is 2.53 bits per heavy atom. The second-order valence-corrected chi connectivity index (χ2v) is 5.65. The number of alkyl halides is 1. The van der Waals surface area contributed by atoms with Gasteiger partial charge in [0.2, 0.25) is 0 Å². The molecule has 0 bridgehead atoms.